The Balaban J connectivity index is 1.74. The zero-order valence-electron chi connectivity index (χ0n) is 13.1. The molecule has 1 aromatic carbocycles. The molecule has 5 heteroatoms. The highest BCUT2D eigenvalue weighted by Gasteiger charge is 2.21. The van der Waals surface area contributed by atoms with Crippen LogP contribution in [-0.2, 0) is 4.79 Å². The van der Waals surface area contributed by atoms with E-state index in [1.807, 2.05) is 29.8 Å². The zero-order chi connectivity index (χ0) is 15.5. The first-order chi connectivity index (χ1) is 10.6. The van der Waals surface area contributed by atoms with Crippen molar-refractivity contribution in [3.05, 3.63) is 41.6 Å². The summed E-state index contributed by atoms with van der Waals surface area (Å²) in [5, 5.41) is 10.7. The highest BCUT2D eigenvalue weighted by atomic mass is 16.2. The first-order valence-corrected chi connectivity index (χ1v) is 7.79. The number of hydrogen-bond acceptors (Lipinski definition) is 3. The van der Waals surface area contributed by atoms with Gasteiger partial charge in [-0.1, -0.05) is 17.7 Å². The third-order valence-electron chi connectivity index (χ3n) is 4.13. The quantitative estimate of drug-likeness (QED) is 0.915. The van der Waals surface area contributed by atoms with Crippen LogP contribution in [0.1, 0.15) is 24.1 Å². The van der Waals surface area contributed by atoms with E-state index in [0.29, 0.717) is 5.82 Å². The number of benzene rings is 1. The molecular weight excluding hydrogens is 276 g/mol. The molecule has 1 saturated heterocycles. The van der Waals surface area contributed by atoms with E-state index in [4.69, 9.17) is 0 Å². The number of amides is 1. The number of aryl methyl sites for hydroxylation is 2. The van der Waals surface area contributed by atoms with Crippen LogP contribution in [0.25, 0.3) is 5.69 Å². The van der Waals surface area contributed by atoms with Crippen molar-refractivity contribution in [2.45, 2.75) is 26.7 Å². The van der Waals surface area contributed by atoms with E-state index >= 15 is 0 Å². The van der Waals surface area contributed by atoms with Crippen LogP contribution in [0, 0.1) is 19.8 Å². The van der Waals surface area contributed by atoms with Crippen LogP contribution in [0.3, 0.4) is 0 Å². The summed E-state index contributed by atoms with van der Waals surface area (Å²) in [5.41, 5.74) is 3.22. The highest BCUT2D eigenvalue weighted by Crippen LogP contribution is 2.18. The number of carbonyl (C=O) groups excluding carboxylic acids is 1. The monoisotopic (exact) mass is 298 g/mol. The van der Waals surface area contributed by atoms with Gasteiger partial charge in [-0.15, -0.1) is 5.10 Å². The van der Waals surface area contributed by atoms with E-state index in [9.17, 15) is 4.79 Å². The summed E-state index contributed by atoms with van der Waals surface area (Å²) < 4.78 is 1.86. The average molecular weight is 298 g/mol. The van der Waals surface area contributed by atoms with Crippen LogP contribution in [0.5, 0.6) is 0 Å². The van der Waals surface area contributed by atoms with Gasteiger partial charge in [0, 0.05) is 17.7 Å². The number of aromatic nitrogens is 2. The van der Waals surface area contributed by atoms with Crippen LogP contribution in [-0.4, -0.2) is 28.8 Å². The maximum absolute atomic E-state index is 12.3. The van der Waals surface area contributed by atoms with Crippen LogP contribution in [0.2, 0.25) is 0 Å². The lowest BCUT2D eigenvalue weighted by Crippen LogP contribution is -2.34. The summed E-state index contributed by atoms with van der Waals surface area (Å²) in [7, 11) is 0. The van der Waals surface area contributed by atoms with E-state index in [0.717, 1.165) is 37.3 Å². The number of anilines is 1. The van der Waals surface area contributed by atoms with Crippen molar-refractivity contribution in [3.63, 3.8) is 0 Å². The maximum atomic E-state index is 12.3. The molecule has 2 aromatic rings. The third-order valence-corrected chi connectivity index (χ3v) is 4.13. The first kappa shape index (κ1) is 14.8. The van der Waals surface area contributed by atoms with Gasteiger partial charge >= 0.3 is 0 Å². The molecule has 116 valence electrons. The minimum Gasteiger partial charge on any atom is -0.317 e. The van der Waals surface area contributed by atoms with Gasteiger partial charge < -0.3 is 10.6 Å². The molecule has 0 spiro atoms. The van der Waals surface area contributed by atoms with Crippen molar-refractivity contribution < 1.29 is 4.79 Å². The number of carbonyl (C=O) groups is 1. The molecule has 0 saturated carbocycles. The molecule has 2 heterocycles. The second-order valence-electron chi connectivity index (χ2n) is 5.93. The van der Waals surface area contributed by atoms with Crippen LogP contribution in [0.15, 0.2) is 30.3 Å². The van der Waals surface area contributed by atoms with Crippen molar-refractivity contribution in [3.8, 4) is 5.69 Å². The molecule has 0 unspecified atom stereocenters. The molecule has 1 aromatic heterocycles. The Morgan fingerprint density at radius 1 is 1.23 bits per heavy atom. The van der Waals surface area contributed by atoms with Gasteiger partial charge in [0.05, 0.1) is 5.69 Å². The Hall–Kier alpha value is -2.14. The average Bonchev–Trinajstić information content (AvgIpc) is 2.89. The number of nitrogens with one attached hydrogen (secondary N) is 2. The largest absolute Gasteiger partial charge is 0.317 e. The highest BCUT2D eigenvalue weighted by molar-refractivity contribution is 5.91. The van der Waals surface area contributed by atoms with Crippen molar-refractivity contribution in [2.24, 2.45) is 5.92 Å². The molecule has 2 N–H and O–H groups in total. The van der Waals surface area contributed by atoms with E-state index in [1.165, 1.54) is 5.56 Å². The number of nitrogens with zero attached hydrogens (tertiary/aromatic N) is 2. The first-order valence-electron chi connectivity index (χ1n) is 7.79. The summed E-state index contributed by atoms with van der Waals surface area (Å²) in [6.07, 6.45) is 1.78. The summed E-state index contributed by atoms with van der Waals surface area (Å²) in [6.45, 7) is 5.88. The van der Waals surface area contributed by atoms with Gasteiger partial charge in [0.25, 0.3) is 0 Å². The molecule has 1 aliphatic heterocycles. The van der Waals surface area contributed by atoms with Gasteiger partial charge in [0.15, 0.2) is 5.82 Å². The molecule has 0 atom stereocenters. The van der Waals surface area contributed by atoms with Gasteiger partial charge in [-0.2, -0.15) is 0 Å². The van der Waals surface area contributed by atoms with Gasteiger partial charge in [0.2, 0.25) is 5.91 Å². The van der Waals surface area contributed by atoms with Crippen LogP contribution in [0.4, 0.5) is 5.82 Å². The molecule has 5 nitrogen and oxygen atoms in total. The van der Waals surface area contributed by atoms with E-state index in [1.54, 1.807) is 0 Å². The smallest absolute Gasteiger partial charge is 0.228 e. The lowest BCUT2D eigenvalue weighted by atomic mass is 9.97. The summed E-state index contributed by atoms with van der Waals surface area (Å²) in [5.74, 6) is 0.794. The number of piperidine rings is 1. The van der Waals surface area contributed by atoms with E-state index < -0.39 is 0 Å². The van der Waals surface area contributed by atoms with Crippen molar-refractivity contribution in [2.75, 3.05) is 18.4 Å². The molecule has 3 rings (SSSR count). The molecule has 1 fully saturated rings. The van der Waals surface area contributed by atoms with Gasteiger partial charge in [-0.3, -0.25) is 4.79 Å². The molecule has 22 heavy (non-hydrogen) atoms. The SMILES string of the molecule is Cc1ccc(-n2nc(NC(=O)C3CCNCC3)cc2C)cc1. The fourth-order valence-electron chi connectivity index (χ4n) is 2.80. The Labute approximate surface area is 130 Å². The van der Waals surface area contributed by atoms with Crippen LogP contribution >= 0.6 is 0 Å². The minimum absolute atomic E-state index is 0.0788. The zero-order valence-corrected chi connectivity index (χ0v) is 13.1. The predicted octanol–water partition coefficient (Wildman–Crippen LogP) is 2.43. The summed E-state index contributed by atoms with van der Waals surface area (Å²) in [6, 6.07) is 10.1. The second-order valence-corrected chi connectivity index (χ2v) is 5.93. The fourth-order valence-corrected chi connectivity index (χ4v) is 2.80. The van der Waals surface area contributed by atoms with Crippen molar-refractivity contribution >= 4 is 11.7 Å². The minimum atomic E-state index is 0.0788. The van der Waals surface area contributed by atoms with Gasteiger partial charge in [0.1, 0.15) is 0 Å². The molecular formula is C17H22N4O. The second kappa shape index (κ2) is 6.32. The van der Waals surface area contributed by atoms with E-state index in [2.05, 4.69) is 34.8 Å². The molecule has 1 aliphatic rings. The maximum Gasteiger partial charge on any atom is 0.228 e. The summed E-state index contributed by atoms with van der Waals surface area (Å²) >= 11 is 0. The van der Waals surface area contributed by atoms with Crippen molar-refractivity contribution in [1.82, 2.24) is 15.1 Å². The molecule has 0 bridgehead atoms. The number of rotatable bonds is 3. The predicted molar refractivity (Wildman–Crippen MR) is 87.3 cm³/mol. The Morgan fingerprint density at radius 2 is 1.91 bits per heavy atom. The fraction of sp³-hybridized carbons (Fsp3) is 0.412. The third kappa shape index (κ3) is 3.20. The van der Waals surface area contributed by atoms with Crippen LogP contribution < -0.4 is 10.6 Å². The molecule has 0 radical (unpaired) electrons. The molecule has 0 aliphatic carbocycles. The van der Waals surface area contributed by atoms with Gasteiger partial charge in [-0.05, 0) is 51.9 Å². The van der Waals surface area contributed by atoms with Gasteiger partial charge in [-0.25, -0.2) is 4.68 Å². The lowest BCUT2D eigenvalue weighted by Gasteiger charge is -2.21. The number of hydrogen-bond donors (Lipinski definition) is 2. The van der Waals surface area contributed by atoms with Crippen molar-refractivity contribution in [1.29, 1.82) is 0 Å². The Kier molecular flexibility index (Phi) is 4.24. The standard InChI is InChI=1S/C17H22N4O/c1-12-3-5-15(6-4-12)21-13(2)11-16(20-21)19-17(22)14-7-9-18-10-8-14/h3-6,11,14,18H,7-10H2,1-2H3,(H,19,20,22). The Bertz CT molecular complexity index is 654. The normalized spacial score (nSPS) is 15.7. The summed E-state index contributed by atoms with van der Waals surface area (Å²) in [4.78, 5) is 12.3. The molecule has 1 amide bonds. The topological polar surface area (TPSA) is 59.0 Å². The Morgan fingerprint density at radius 3 is 2.59 bits per heavy atom. The van der Waals surface area contributed by atoms with E-state index in [-0.39, 0.29) is 11.8 Å². The lowest BCUT2D eigenvalue weighted by molar-refractivity contribution is -0.120.